The number of carbonyl (C=O) groups excluding carboxylic acids is 4. The van der Waals surface area contributed by atoms with Crippen LogP contribution in [0.2, 0.25) is 0 Å². The van der Waals surface area contributed by atoms with Crippen LogP contribution in [0.4, 0.5) is 4.79 Å². The molecule has 1 fully saturated rings. The van der Waals surface area contributed by atoms with Gasteiger partial charge in [0.1, 0.15) is 18.6 Å². The number of amides is 4. The summed E-state index contributed by atoms with van der Waals surface area (Å²) in [6.07, 6.45) is 0. The quantitative estimate of drug-likeness (QED) is 0.469. The highest BCUT2D eigenvalue weighted by molar-refractivity contribution is 6.09. The van der Waals surface area contributed by atoms with Crippen LogP contribution in [0.25, 0.3) is 10.8 Å². The third-order valence-corrected chi connectivity index (χ3v) is 5.44. The van der Waals surface area contributed by atoms with Crippen molar-refractivity contribution in [1.82, 2.24) is 15.1 Å². The maximum atomic E-state index is 13.2. The van der Waals surface area contributed by atoms with E-state index in [2.05, 4.69) is 5.32 Å². The Bertz CT molecular complexity index is 1040. The third-order valence-electron chi connectivity index (χ3n) is 5.44. The topological polar surface area (TPSA) is 105 Å². The zero-order chi connectivity index (χ0) is 23.3. The Morgan fingerprint density at radius 2 is 1.84 bits per heavy atom. The minimum Gasteiger partial charge on any atom is -0.465 e. The number of esters is 1. The van der Waals surface area contributed by atoms with Crippen LogP contribution in [-0.2, 0) is 29.4 Å². The fourth-order valence-electron chi connectivity index (χ4n) is 3.63. The van der Waals surface area contributed by atoms with Gasteiger partial charge in [-0.05, 0) is 36.2 Å². The molecule has 0 bridgehead atoms. The predicted molar refractivity (Wildman–Crippen MR) is 117 cm³/mol. The van der Waals surface area contributed by atoms with Gasteiger partial charge < -0.3 is 19.7 Å². The lowest BCUT2D eigenvalue weighted by atomic mass is 9.90. The van der Waals surface area contributed by atoms with Gasteiger partial charge >= 0.3 is 12.0 Å². The fraction of sp³-hybridized carbons (Fsp3) is 0.391. The molecule has 0 aliphatic carbocycles. The number of hydrogen-bond acceptors (Lipinski definition) is 6. The van der Waals surface area contributed by atoms with Crippen LogP contribution in [0, 0.1) is 0 Å². The molecular weight excluding hydrogens is 414 g/mol. The van der Waals surface area contributed by atoms with Gasteiger partial charge in [0, 0.05) is 13.7 Å². The second-order valence-corrected chi connectivity index (χ2v) is 7.62. The maximum absolute atomic E-state index is 13.2. The van der Waals surface area contributed by atoms with Gasteiger partial charge in [0.15, 0.2) is 0 Å². The summed E-state index contributed by atoms with van der Waals surface area (Å²) in [5.74, 6) is -1.66. The van der Waals surface area contributed by atoms with Gasteiger partial charge in [-0.15, -0.1) is 0 Å². The van der Waals surface area contributed by atoms with Crippen LogP contribution in [0.3, 0.4) is 0 Å². The van der Waals surface area contributed by atoms with Crippen LogP contribution in [0.5, 0.6) is 0 Å². The molecule has 0 saturated carbocycles. The van der Waals surface area contributed by atoms with Gasteiger partial charge in [0.2, 0.25) is 5.91 Å². The highest BCUT2D eigenvalue weighted by atomic mass is 16.5. The SMILES string of the molecule is CCOC(=O)CN(CCOC)C(=O)CN1C(=O)NC(C)(c2ccc3ccccc3c2)C1=O. The van der Waals surface area contributed by atoms with Crippen LogP contribution in [0.1, 0.15) is 19.4 Å². The molecule has 1 aliphatic heterocycles. The van der Waals surface area contributed by atoms with Crippen molar-refractivity contribution in [2.45, 2.75) is 19.4 Å². The van der Waals surface area contributed by atoms with Gasteiger partial charge in [-0.3, -0.25) is 19.3 Å². The summed E-state index contributed by atoms with van der Waals surface area (Å²) in [4.78, 5) is 52.7. The molecule has 3 rings (SSSR count). The van der Waals surface area contributed by atoms with Crippen molar-refractivity contribution < 1.29 is 28.7 Å². The first-order valence-electron chi connectivity index (χ1n) is 10.4. The monoisotopic (exact) mass is 441 g/mol. The Morgan fingerprint density at radius 3 is 2.53 bits per heavy atom. The first-order chi connectivity index (χ1) is 15.3. The van der Waals surface area contributed by atoms with Crippen LogP contribution in [-0.4, -0.2) is 73.6 Å². The molecule has 2 aromatic carbocycles. The number of fused-ring (bicyclic) bond motifs is 1. The Kier molecular flexibility index (Phi) is 7.09. The van der Waals surface area contributed by atoms with Crippen molar-refractivity contribution in [1.29, 1.82) is 0 Å². The Morgan fingerprint density at radius 1 is 1.12 bits per heavy atom. The van der Waals surface area contributed by atoms with Crippen molar-refractivity contribution in [2.24, 2.45) is 0 Å². The molecule has 9 heteroatoms. The highest BCUT2D eigenvalue weighted by Crippen LogP contribution is 2.31. The van der Waals surface area contributed by atoms with Gasteiger partial charge in [0.05, 0.1) is 13.2 Å². The number of carbonyl (C=O) groups is 4. The smallest absolute Gasteiger partial charge is 0.325 e. The van der Waals surface area contributed by atoms with E-state index in [-0.39, 0.29) is 26.3 Å². The number of methoxy groups -OCH3 is 1. The Balaban J connectivity index is 1.79. The summed E-state index contributed by atoms with van der Waals surface area (Å²) in [7, 11) is 1.47. The van der Waals surface area contributed by atoms with Crippen molar-refractivity contribution in [3.05, 3.63) is 48.0 Å². The summed E-state index contributed by atoms with van der Waals surface area (Å²) in [6, 6.07) is 12.6. The van der Waals surface area contributed by atoms with E-state index < -0.39 is 35.9 Å². The van der Waals surface area contributed by atoms with Gasteiger partial charge in [-0.25, -0.2) is 4.79 Å². The van der Waals surface area contributed by atoms with Crippen molar-refractivity contribution in [3.63, 3.8) is 0 Å². The van der Waals surface area contributed by atoms with E-state index in [0.29, 0.717) is 5.56 Å². The van der Waals surface area contributed by atoms with Crippen LogP contribution >= 0.6 is 0 Å². The summed E-state index contributed by atoms with van der Waals surface area (Å²) in [6.45, 7) is 3.00. The lowest BCUT2D eigenvalue weighted by molar-refractivity contribution is -0.150. The number of benzene rings is 2. The molecule has 0 radical (unpaired) electrons. The second-order valence-electron chi connectivity index (χ2n) is 7.62. The van der Waals surface area contributed by atoms with E-state index in [0.717, 1.165) is 15.7 Å². The largest absolute Gasteiger partial charge is 0.465 e. The molecule has 0 spiro atoms. The standard InChI is InChI=1S/C23H27N3O6/c1-4-32-20(28)15-25(11-12-31-3)19(27)14-26-21(29)23(2,24-22(26)30)18-10-9-16-7-5-6-8-17(16)13-18/h5-10,13H,4,11-12,14-15H2,1-3H3,(H,24,30). The van der Waals surface area contributed by atoms with Crippen LogP contribution < -0.4 is 5.32 Å². The summed E-state index contributed by atoms with van der Waals surface area (Å²) >= 11 is 0. The average Bonchev–Trinajstić information content (AvgIpc) is 3.00. The Hall–Kier alpha value is -3.46. The van der Waals surface area contributed by atoms with E-state index in [4.69, 9.17) is 9.47 Å². The molecule has 1 heterocycles. The fourth-order valence-corrected chi connectivity index (χ4v) is 3.63. The summed E-state index contributed by atoms with van der Waals surface area (Å²) in [5.41, 5.74) is -0.688. The molecule has 1 atom stereocenters. The van der Waals surface area contributed by atoms with Crippen molar-refractivity contribution in [2.75, 3.05) is 40.0 Å². The lowest BCUT2D eigenvalue weighted by Crippen LogP contribution is -2.47. The van der Waals surface area contributed by atoms with Gasteiger partial charge in [-0.1, -0.05) is 36.4 Å². The molecule has 1 saturated heterocycles. The Labute approximate surface area is 186 Å². The normalized spacial score (nSPS) is 18.0. The average molecular weight is 441 g/mol. The predicted octanol–water partition coefficient (Wildman–Crippen LogP) is 1.64. The van der Waals surface area contributed by atoms with E-state index in [1.54, 1.807) is 19.9 Å². The van der Waals surface area contributed by atoms with Gasteiger partial charge in [-0.2, -0.15) is 0 Å². The maximum Gasteiger partial charge on any atom is 0.325 e. The van der Waals surface area contributed by atoms with Crippen molar-refractivity contribution >= 4 is 34.6 Å². The lowest BCUT2D eigenvalue weighted by Gasteiger charge is -2.25. The first-order valence-corrected chi connectivity index (χ1v) is 10.4. The minimum absolute atomic E-state index is 0.125. The highest BCUT2D eigenvalue weighted by Gasteiger charge is 2.49. The minimum atomic E-state index is -1.31. The molecule has 9 nitrogen and oxygen atoms in total. The molecular formula is C23H27N3O6. The molecule has 170 valence electrons. The summed E-state index contributed by atoms with van der Waals surface area (Å²) < 4.78 is 9.90. The second kappa shape index (κ2) is 9.78. The van der Waals surface area contributed by atoms with Crippen LogP contribution in [0.15, 0.2) is 42.5 Å². The number of nitrogens with one attached hydrogen (secondary N) is 1. The number of imide groups is 1. The van der Waals surface area contributed by atoms with E-state index in [9.17, 15) is 19.2 Å². The first kappa shape index (κ1) is 23.2. The van der Waals surface area contributed by atoms with Gasteiger partial charge in [0.25, 0.3) is 5.91 Å². The molecule has 1 aliphatic rings. The number of ether oxygens (including phenoxy) is 2. The zero-order valence-electron chi connectivity index (χ0n) is 18.4. The number of rotatable bonds is 9. The van der Waals surface area contributed by atoms with Crippen molar-refractivity contribution in [3.8, 4) is 0 Å². The summed E-state index contributed by atoms with van der Waals surface area (Å²) in [5, 5.41) is 4.65. The number of urea groups is 1. The molecule has 1 unspecified atom stereocenters. The van der Waals surface area contributed by atoms with E-state index >= 15 is 0 Å². The zero-order valence-corrected chi connectivity index (χ0v) is 18.4. The molecule has 1 N–H and O–H groups in total. The molecule has 32 heavy (non-hydrogen) atoms. The molecule has 2 aromatic rings. The number of hydrogen-bond donors (Lipinski definition) is 1. The molecule has 4 amide bonds. The third kappa shape index (κ3) is 4.72. The molecule has 0 aromatic heterocycles. The van der Waals surface area contributed by atoms with E-state index in [1.807, 2.05) is 36.4 Å². The van der Waals surface area contributed by atoms with E-state index in [1.165, 1.54) is 12.0 Å². The number of nitrogens with zero attached hydrogens (tertiary/aromatic N) is 2.